The molecule has 0 spiro atoms. The van der Waals surface area contributed by atoms with E-state index in [1.165, 1.54) is 12.1 Å². The zero-order valence-corrected chi connectivity index (χ0v) is 20.3. The third-order valence-corrected chi connectivity index (χ3v) is 4.61. The van der Waals surface area contributed by atoms with Gasteiger partial charge in [-0.1, -0.05) is 19.1 Å². The molecule has 1 atom stereocenters. The van der Waals surface area contributed by atoms with Gasteiger partial charge in [0.15, 0.2) is 11.6 Å². The third kappa shape index (κ3) is 7.64. The summed E-state index contributed by atoms with van der Waals surface area (Å²) in [7, 11) is 0. The fourth-order valence-corrected chi connectivity index (χ4v) is 3.03. The Kier molecular flexibility index (Phi) is 10.5. The zero-order chi connectivity index (χ0) is 21.2. The highest BCUT2D eigenvalue weighted by Crippen LogP contribution is 2.15. The van der Waals surface area contributed by atoms with E-state index in [1.54, 1.807) is 12.1 Å². The first-order valence-corrected chi connectivity index (χ1v) is 10.4. The van der Waals surface area contributed by atoms with Crippen LogP contribution in [-0.4, -0.2) is 46.3 Å². The first-order valence-electron chi connectivity index (χ1n) is 10.4. The number of hydrogen-bond acceptors (Lipinski definition) is 4. The molecular formula is C22H30FIN6O. The molecule has 0 bridgehead atoms. The molecule has 0 saturated heterocycles. The number of aryl methyl sites for hydroxylation is 1. The van der Waals surface area contributed by atoms with Gasteiger partial charge in [0.25, 0.3) is 0 Å². The van der Waals surface area contributed by atoms with Crippen LogP contribution >= 0.6 is 24.0 Å². The number of guanidine groups is 1. The lowest BCUT2D eigenvalue weighted by molar-refractivity contribution is 0.205. The Morgan fingerprint density at radius 3 is 2.81 bits per heavy atom. The largest absolute Gasteiger partial charge is 0.488 e. The number of fused-ring (bicyclic) bond motifs is 1. The number of pyridine rings is 1. The Morgan fingerprint density at radius 2 is 2.03 bits per heavy atom. The molecule has 0 saturated carbocycles. The average Bonchev–Trinajstić information content (AvgIpc) is 3.17. The van der Waals surface area contributed by atoms with Crippen molar-refractivity contribution in [3.63, 3.8) is 0 Å². The van der Waals surface area contributed by atoms with Crippen LogP contribution < -0.4 is 15.4 Å². The molecule has 0 aliphatic rings. The molecule has 2 heterocycles. The van der Waals surface area contributed by atoms with Crippen LogP contribution in [-0.2, 0) is 6.42 Å². The Hall–Kier alpha value is -2.43. The van der Waals surface area contributed by atoms with Gasteiger partial charge in [-0.3, -0.25) is 4.40 Å². The molecule has 0 aliphatic carbocycles. The van der Waals surface area contributed by atoms with Gasteiger partial charge >= 0.3 is 0 Å². The number of halogens is 2. The van der Waals surface area contributed by atoms with Gasteiger partial charge in [0.2, 0.25) is 0 Å². The first-order chi connectivity index (χ1) is 14.7. The van der Waals surface area contributed by atoms with E-state index in [9.17, 15) is 4.39 Å². The van der Waals surface area contributed by atoms with E-state index in [2.05, 4.69) is 25.8 Å². The molecule has 31 heavy (non-hydrogen) atoms. The van der Waals surface area contributed by atoms with E-state index < -0.39 is 0 Å². The fraction of sp³-hybridized carbons (Fsp3) is 0.409. The first kappa shape index (κ1) is 24.8. The highest BCUT2D eigenvalue weighted by molar-refractivity contribution is 14.0. The summed E-state index contributed by atoms with van der Waals surface area (Å²) >= 11 is 0. The van der Waals surface area contributed by atoms with Crippen LogP contribution in [0.5, 0.6) is 5.75 Å². The third-order valence-electron chi connectivity index (χ3n) is 4.61. The van der Waals surface area contributed by atoms with Crippen LogP contribution in [0.3, 0.4) is 0 Å². The van der Waals surface area contributed by atoms with Crippen LogP contribution in [0.2, 0.25) is 0 Å². The van der Waals surface area contributed by atoms with Gasteiger partial charge in [-0.15, -0.1) is 34.2 Å². The predicted octanol–water partition coefficient (Wildman–Crippen LogP) is 3.83. The van der Waals surface area contributed by atoms with E-state index in [0.717, 1.165) is 49.8 Å². The molecule has 2 aromatic heterocycles. The van der Waals surface area contributed by atoms with Crippen molar-refractivity contribution in [3.8, 4) is 5.75 Å². The molecule has 1 unspecified atom stereocenters. The number of nitrogens with zero attached hydrogens (tertiary/aromatic N) is 4. The van der Waals surface area contributed by atoms with Gasteiger partial charge in [0.05, 0.1) is 6.54 Å². The van der Waals surface area contributed by atoms with E-state index in [4.69, 9.17) is 4.74 Å². The minimum Gasteiger partial charge on any atom is -0.488 e. The van der Waals surface area contributed by atoms with Crippen molar-refractivity contribution < 1.29 is 9.13 Å². The molecule has 0 aliphatic heterocycles. The van der Waals surface area contributed by atoms with Crippen molar-refractivity contribution >= 4 is 35.6 Å². The molecule has 7 nitrogen and oxygen atoms in total. The molecular weight excluding hydrogens is 510 g/mol. The highest BCUT2D eigenvalue weighted by Gasteiger charge is 2.09. The lowest BCUT2D eigenvalue weighted by atomic mass is 10.2. The van der Waals surface area contributed by atoms with Crippen molar-refractivity contribution in [2.45, 2.75) is 39.2 Å². The number of aromatic nitrogens is 3. The van der Waals surface area contributed by atoms with Gasteiger partial charge < -0.3 is 15.4 Å². The summed E-state index contributed by atoms with van der Waals surface area (Å²) in [4.78, 5) is 4.63. The predicted molar refractivity (Wildman–Crippen MR) is 132 cm³/mol. The molecule has 2 N–H and O–H groups in total. The number of nitrogens with one attached hydrogen (secondary N) is 2. The van der Waals surface area contributed by atoms with Crippen LogP contribution in [0.1, 0.15) is 32.5 Å². The van der Waals surface area contributed by atoms with E-state index in [0.29, 0.717) is 12.3 Å². The monoisotopic (exact) mass is 540 g/mol. The maximum atomic E-state index is 13.4. The van der Waals surface area contributed by atoms with Crippen LogP contribution in [0.15, 0.2) is 53.7 Å². The molecule has 3 aromatic rings. The van der Waals surface area contributed by atoms with Crippen molar-refractivity contribution in [1.82, 2.24) is 25.2 Å². The summed E-state index contributed by atoms with van der Waals surface area (Å²) < 4.78 is 21.2. The second-order valence-corrected chi connectivity index (χ2v) is 6.90. The number of aliphatic imine (C=N–C) groups is 1. The van der Waals surface area contributed by atoms with E-state index >= 15 is 0 Å². The summed E-state index contributed by atoms with van der Waals surface area (Å²) in [5.74, 6) is 1.91. The molecule has 168 valence electrons. The summed E-state index contributed by atoms with van der Waals surface area (Å²) in [5, 5.41) is 15.0. The highest BCUT2D eigenvalue weighted by atomic mass is 127. The van der Waals surface area contributed by atoms with Crippen molar-refractivity contribution in [1.29, 1.82) is 0 Å². The molecule has 9 heteroatoms. The minimum atomic E-state index is -0.304. The fourth-order valence-electron chi connectivity index (χ4n) is 3.03. The standard InChI is InChI=1S/C22H29FN6O.HI/c1-3-18(30-19-10-7-9-17(23)15-19)16-26-22(24-4-2)25-13-8-12-21-28-27-20-11-5-6-14-29(20)21;/h5-7,9-11,14-15,18H,3-4,8,12-13,16H2,1-2H3,(H2,24,25,26);1H. The average molecular weight is 540 g/mol. The van der Waals surface area contributed by atoms with Crippen molar-refractivity contribution in [3.05, 3.63) is 60.3 Å². The molecule has 0 radical (unpaired) electrons. The number of hydrogen-bond donors (Lipinski definition) is 2. The quantitative estimate of drug-likeness (QED) is 0.177. The van der Waals surface area contributed by atoms with Crippen LogP contribution in [0.4, 0.5) is 4.39 Å². The number of ether oxygens (including phenoxy) is 1. The Balaban J connectivity index is 0.00000341. The number of rotatable bonds is 10. The summed E-state index contributed by atoms with van der Waals surface area (Å²) in [6.45, 7) is 6.07. The second-order valence-electron chi connectivity index (χ2n) is 6.90. The lowest BCUT2D eigenvalue weighted by Gasteiger charge is -2.17. The van der Waals surface area contributed by atoms with E-state index in [-0.39, 0.29) is 35.9 Å². The zero-order valence-electron chi connectivity index (χ0n) is 17.9. The molecule has 3 rings (SSSR count). The topological polar surface area (TPSA) is 75.8 Å². The van der Waals surface area contributed by atoms with Crippen molar-refractivity contribution in [2.75, 3.05) is 19.6 Å². The van der Waals surface area contributed by atoms with Crippen LogP contribution in [0, 0.1) is 5.82 Å². The van der Waals surface area contributed by atoms with Crippen molar-refractivity contribution in [2.24, 2.45) is 4.99 Å². The van der Waals surface area contributed by atoms with Gasteiger partial charge in [-0.2, -0.15) is 0 Å². The summed E-state index contributed by atoms with van der Waals surface area (Å²) in [5.41, 5.74) is 0.860. The van der Waals surface area contributed by atoms with Gasteiger partial charge in [-0.05, 0) is 44.0 Å². The van der Waals surface area contributed by atoms with E-state index in [1.807, 2.05) is 42.6 Å². The van der Waals surface area contributed by atoms with Crippen LogP contribution in [0.25, 0.3) is 5.65 Å². The molecule has 0 amide bonds. The van der Waals surface area contributed by atoms with Gasteiger partial charge in [0.1, 0.15) is 23.5 Å². The Morgan fingerprint density at radius 1 is 1.16 bits per heavy atom. The minimum absolute atomic E-state index is 0. The number of benzene rings is 1. The summed E-state index contributed by atoms with van der Waals surface area (Å²) in [6.07, 6.45) is 4.35. The SMILES string of the molecule is CCNC(=NCC(CC)Oc1cccc(F)c1)NCCCc1nnc2ccccn12.I. The Bertz CT molecular complexity index is 964. The maximum Gasteiger partial charge on any atom is 0.191 e. The summed E-state index contributed by atoms with van der Waals surface area (Å²) in [6, 6.07) is 12.1. The molecule has 1 aromatic carbocycles. The lowest BCUT2D eigenvalue weighted by Crippen LogP contribution is -2.38. The normalized spacial score (nSPS) is 12.3. The van der Waals surface area contributed by atoms with Gasteiger partial charge in [0, 0.05) is 31.8 Å². The molecule has 0 fully saturated rings. The smallest absolute Gasteiger partial charge is 0.191 e. The second kappa shape index (κ2) is 13.1. The maximum absolute atomic E-state index is 13.4. The Labute approximate surface area is 199 Å². The van der Waals surface area contributed by atoms with Gasteiger partial charge in [-0.25, -0.2) is 9.38 Å².